The highest BCUT2D eigenvalue weighted by molar-refractivity contribution is 6.66. The topological polar surface area (TPSA) is 80.0 Å². The number of rotatable bonds is 6. The van der Waals surface area contributed by atoms with Crippen LogP contribution in [-0.2, 0) is 4.79 Å². The number of fused-ring (bicyclic) bond motifs is 1. The monoisotopic (exact) mass is 388 g/mol. The molecule has 3 N–H and O–H groups in total. The lowest BCUT2D eigenvalue weighted by Gasteiger charge is -2.49. The minimum atomic E-state index is -4.37. The summed E-state index contributed by atoms with van der Waals surface area (Å²) >= 11 is 5.92. The van der Waals surface area contributed by atoms with Gasteiger partial charge in [-0.3, -0.25) is 10.2 Å². The van der Waals surface area contributed by atoms with Gasteiger partial charge in [-0.1, -0.05) is 29.3 Å². The van der Waals surface area contributed by atoms with Crippen molar-refractivity contribution in [2.75, 3.05) is 13.1 Å². The highest BCUT2D eigenvalue weighted by Gasteiger charge is 2.60. The number of nitrogens with one attached hydrogen (secondary N) is 3. The molecule has 1 fully saturated rings. The molecule has 3 aliphatic rings. The van der Waals surface area contributed by atoms with E-state index >= 15 is 0 Å². The van der Waals surface area contributed by atoms with Gasteiger partial charge in [0.2, 0.25) is 5.91 Å². The number of carbonyl (C=O) groups excluding carboxylic acids is 1. The van der Waals surface area contributed by atoms with Crippen molar-refractivity contribution in [1.29, 1.82) is 10.8 Å². The molecule has 0 saturated carbocycles. The first-order valence-electron chi connectivity index (χ1n) is 8.25. The van der Waals surface area contributed by atoms with Crippen LogP contribution in [0, 0.1) is 27.6 Å². The molecule has 1 aliphatic heterocycles. The van der Waals surface area contributed by atoms with Crippen LogP contribution in [0.4, 0.5) is 13.2 Å². The number of allylic oxidation sites excluding steroid dienone is 1. The minimum absolute atomic E-state index is 0.118. The molecule has 5 nitrogen and oxygen atoms in total. The molecule has 26 heavy (non-hydrogen) atoms. The molecule has 0 aromatic rings. The predicted molar refractivity (Wildman–Crippen MR) is 92.4 cm³/mol. The largest absolute Gasteiger partial charge is 0.405 e. The van der Waals surface area contributed by atoms with Crippen molar-refractivity contribution in [3.05, 3.63) is 23.4 Å². The fourth-order valence-corrected chi connectivity index (χ4v) is 4.55. The van der Waals surface area contributed by atoms with E-state index in [0.29, 0.717) is 12.1 Å². The predicted octanol–water partition coefficient (Wildman–Crippen LogP) is 3.07. The number of hydrogen-bond acceptors (Lipinski definition) is 4. The fraction of sp³-hybridized carbons (Fsp3) is 0.588. The van der Waals surface area contributed by atoms with Crippen molar-refractivity contribution >= 4 is 28.9 Å². The molecule has 9 heteroatoms. The average Bonchev–Trinajstić information content (AvgIpc) is 2.69. The van der Waals surface area contributed by atoms with Gasteiger partial charge in [0.15, 0.2) is 0 Å². The minimum Gasteiger partial charge on any atom is -0.379 e. The zero-order valence-corrected chi connectivity index (χ0v) is 15.1. The van der Waals surface area contributed by atoms with Gasteiger partial charge >= 0.3 is 6.18 Å². The molecule has 3 rings (SSSR count). The van der Waals surface area contributed by atoms with Gasteiger partial charge in [-0.2, -0.15) is 13.2 Å². The van der Waals surface area contributed by atoms with Crippen LogP contribution in [0.25, 0.3) is 0 Å². The van der Waals surface area contributed by atoms with E-state index in [1.54, 1.807) is 30.9 Å². The van der Waals surface area contributed by atoms with Crippen LogP contribution in [0.3, 0.4) is 0 Å². The van der Waals surface area contributed by atoms with Crippen LogP contribution in [0.2, 0.25) is 0 Å². The zero-order valence-electron chi connectivity index (χ0n) is 14.4. The summed E-state index contributed by atoms with van der Waals surface area (Å²) in [5, 5.41) is 18.0. The van der Waals surface area contributed by atoms with Crippen LogP contribution >= 0.6 is 11.6 Å². The van der Waals surface area contributed by atoms with Crippen LogP contribution in [0.15, 0.2) is 23.4 Å². The van der Waals surface area contributed by atoms with Crippen LogP contribution in [0.5, 0.6) is 0 Å². The molecule has 0 bridgehead atoms. The Morgan fingerprint density at radius 1 is 1.58 bits per heavy atom. The standard InChI is InChI=1S/C17H20ClF3N4O/c1-9-5-16(6-22,12(9)24-7-17(19,20)21)10(2)25-8-15(14(18)23)4-3-11(15)13(25)26/h3-4,6,10-11,22-24H,5,7-8H2,1-2H3. The van der Waals surface area contributed by atoms with Gasteiger partial charge in [-0.05, 0) is 20.3 Å². The Balaban J connectivity index is 1.85. The molecule has 1 saturated heterocycles. The lowest BCUT2D eigenvalue weighted by molar-refractivity contribution is -0.134. The molecule has 4 unspecified atom stereocenters. The second-order valence-corrected chi connectivity index (χ2v) is 7.70. The third-order valence-electron chi connectivity index (χ3n) is 5.92. The maximum Gasteiger partial charge on any atom is 0.405 e. The Kier molecular flexibility index (Phi) is 4.25. The summed E-state index contributed by atoms with van der Waals surface area (Å²) in [7, 11) is 0. The maximum atomic E-state index is 12.8. The molecule has 1 amide bonds. The van der Waals surface area contributed by atoms with Gasteiger partial charge in [-0.15, -0.1) is 0 Å². The van der Waals surface area contributed by atoms with Crippen LogP contribution in [-0.4, -0.2) is 47.5 Å². The van der Waals surface area contributed by atoms with E-state index in [1.165, 1.54) is 0 Å². The summed E-state index contributed by atoms with van der Waals surface area (Å²) in [4.78, 5) is 14.3. The first-order valence-corrected chi connectivity index (χ1v) is 8.63. The average molecular weight is 389 g/mol. The van der Waals surface area contributed by atoms with Gasteiger partial charge < -0.3 is 15.6 Å². The first-order chi connectivity index (χ1) is 12.0. The molecule has 2 aliphatic carbocycles. The molecule has 0 aromatic heterocycles. The smallest absolute Gasteiger partial charge is 0.379 e. The second kappa shape index (κ2) is 5.84. The lowest BCUT2D eigenvalue weighted by atomic mass is 9.64. The van der Waals surface area contributed by atoms with Crippen LogP contribution < -0.4 is 5.32 Å². The third-order valence-corrected chi connectivity index (χ3v) is 6.27. The third kappa shape index (κ3) is 2.49. The Morgan fingerprint density at radius 2 is 2.23 bits per heavy atom. The number of likely N-dealkylation sites (tertiary alicyclic amines) is 1. The Morgan fingerprint density at radius 3 is 2.62 bits per heavy atom. The normalized spacial score (nSPS) is 34.2. The van der Waals surface area contributed by atoms with Crippen LogP contribution in [0.1, 0.15) is 20.3 Å². The zero-order chi connectivity index (χ0) is 19.5. The van der Waals surface area contributed by atoms with Gasteiger partial charge in [0.1, 0.15) is 11.7 Å². The summed E-state index contributed by atoms with van der Waals surface area (Å²) in [6.45, 7) is 2.48. The lowest BCUT2D eigenvalue weighted by Crippen LogP contribution is -2.56. The van der Waals surface area contributed by atoms with E-state index < -0.39 is 35.5 Å². The maximum absolute atomic E-state index is 12.8. The summed E-state index contributed by atoms with van der Waals surface area (Å²) in [6.07, 6.45) is 0.602. The van der Waals surface area contributed by atoms with Gasteiger partial charge in [0, 0.05) is 24.5 Å². The Bertz CT molecular complexity index is 747. The summed E-state index contributed by atoms with van der Waals surface area (Å²) in [5.74, 6) is -0.708. The van der Waals surface area contributed by atoms with Gasteiger partial charge in [0.05, 0.1) is 16.7 Å². The van der Waals surface area contributed by atoms with E-state index in [1.807, 2.05) is 0 Å². The van der Waals surface area contributed by atoms with Crippen molar-refractivity contribution < 1.29 is 18.0 Å². The highest BCUT2D eigenvalue weighted by Crippen LogP contribution is 2.53. The second-order valence-electron chi connectivity index (χ2n) is 7.32. The molecule has 1 heterocycles. The van der Waals surface area contributed by atoms with Gasteiger partial charge in [0.25, 0.3) is 0 Å². The number of nitrogens with zero attached hydrogens (tertiary/aromatic N) is 1. The fourth-order valence-electron chi connectivity index (χ4n) is 4.31. The molecule has 142 valence electrons. The van der Waals surface area contributed by atoms with Crippen molar-refractivity contribution in [2.24, 2.45) is 16.7 Å². The van der Waals surface area contributed by atoms with Gasteiger partial charge in [-0.25, -0.2) is 0 Å². The molecule has 0 aromatic carbocycles. The van der Waals surface area contributed by atoms with E-state index in [9.17, 15) is 18.0 Å². The van der Waals surface area contributed by atoms with E-state index in [0.717, 1.165) is 11.8 Å². The van der Waals surface area contributed by atoms with E-state index in [2.05, 4.69) is 5.32 Å². The van der Waals surface area contributed by atoms with Crippen molar-refractivity contribution in [2.45, 2.75) is 32.5 Å². The SMILES string of the molecule is CC1=C(NCC(F)(F)F)C(C=N)(C(C)N2CC3(C(=N)Cl)C=CC3C2=O)C1. The van der Waals surface area contributed by atoms with Crippen molar-refractivity contribution in [3.63, 3.8) is 0 Å². The number of carbonyl (C=O) groups is 1. The quantitative estimate of drug-likeness (QED) is 0.483. The first kappa shape index (κ1) is 18.9. The number of amides is 1. The molecule has 0 radical (unpaired) electrons. The summed E-state index contributed by atoms with van der Waals surface area (Å²) in [6, 6.07) is -0.521. The summed E-state index contributed by atoms with van der Waals surface area (Å²) < 4.78 is 37.9. The number of halogens is 4. The molecule has 0 spiro atoms. The Labute approximate surface area is 154 Å². The van der Waals surface area contributed by atoms with E-state index in [4.69, 9.17) is 22.4 Å². The molecular formula is C17H20ClF3N4O. The van der Waals surface area contributed by atoms with Crippen molar-refractivity contribution in [1.82, 2.24) is 10.2 Å². The molecule has 4 atom stereocenters. The number of hydrogen-bond donors (Lipinski definition) is 3. The van der Waals surface area contributed by atoms with E-state index in [-0.39, 0.29) is 17.6 Å². The highest BCUT2D eigenvalue weighted by atomic mass is 35.5. The molecular weight excluding hydrogens is 369 g/mol. The number of alkyl halides is 3. The Hall–Kier alpha value is -1.83. The van der Waals surface area contributed by atoms with Crippen molar-refractivity contribution in [3.8, 4) is 0 Å². The summed E-state index contributed by atoms with van der Waals surface area (Å²) in [5.41, 5.74) is -0.715.